The molecule has 0 aliphatic carbocycles. The summed E-state index contributed by atoms with van der Waals surface area (Å²) in [6, 6.07) is 12.0. The lowest BCUT2D eigenvalue weighted by Gasteiger charge is -2.12. The molecule has 26 heavy (non-hydrogen) atoms. The molecule has 0 unspecified atom stereocenters. The Morgan fingerprint density at radius 3 is 2.81 bits per heavy atom. The lowest BCUT2D eigenvalue weighted by Crippen LogP contribution is -2.28. The second-order valence-electron chi connectivity index (χ2n) is 5.47. The molecule has 0 aromatic heterocycles. The molecule has 0 fully saturated rings. The zero-order valence-corrected chi connectivity index (χ0v) is 15.8. The van der Waals surface area contributed by atoms with Gasteiger partial charge in [0.1, 0.15) is 11.5 Å². The van der Waals surface area contributed by atoms with E-state index in [2.05, 4.69) is 31.6 Å². The third-order valence-corrected chi connectivity index (χ3v) is 4.03. The second-order valence-corrected chi connectivity index (χ2v) is 6.39. The molecule has 1 aliphatic rings. The van der Waals surface area contributed by atoms with Crippen molar-refractivity contribution >= 4 is 44.6 Å². The van der Waals surface area contributed by atoms with Gasteiger partial charge >= 0.3 is 5.91 Å². The minimum absolute atomic E-state index is 0.0317. The van der Waals surface area contributed by atoms with Gasteiger partial charge in [-0.3, -0.25) is 10.2 Å². The average Bonchev–Trinajstić information content (AvgIpc) is 2.88. The van der Waals surface area contributed by atoms with Crippen LogP contribution >= 0.6 is 15.9 Å². The van der Waals surface area contributed by atoms with E-state index in [1.807, 2.05) is 31.2 Å². The number of halogens is 1. The van der Waals surface area contributed by atoms with Gasteiger partial charge in [-0.15, -0.1) is 0 Å². The molecule has 7 nitrogen and oxygen atoms in total. The van der Waals surface area contributed by atoms with Crippen LogP contribution in [-0.4, -0.2) is 29.0 Å². The summed E-state index contributed by atoms with van der Waals surface area (Å²) in [4.78, 5) is 12.7. The number of rotatable bonds is 5. The summed E-state index contributed by atoms with van der Waals surface area (Å²) in [5, 5.41) is 19.4. The number of benzene rings is 2. The summed E-state index contributed by atoms with van der Waals surface area (Å²) in [7, 11) is 0. The fourth-order valence-corrected chi connectivity index (χ4v) is 2.91. The molecule has 134 valence electrons. The van der Waals surface area contributed by atoms with E-state index < -0.39 is 0 Å². The van der Waals surface area contributed by atoms with Gasteiger partial charge in [0.05, 0.1) is 23.7 Å². The van der Waals surface area contributed by atoms with Gasteiger partial charge in [0.15, 0.2) is 5.71 Å². The van der Waals surface area contributed by atoms with E-state index in [-0.39, 0.29) is 17.4 Å². The Morgan fingerprint density at radius 1 is 1.31 bits per heavy atom. The summed E-state index contributed by atoms with van der Waals surface area (Å²) >= 11 is 3.29. The van der Waals surface area contributed by atoms with E-state index in [9.17, 15) is 9.90 Å². The third-order valence-electron chi connectivity index (χ3n) is 3.57. The van der Waals surface area contributed by atoms with E-state index in [0.717, 1.165) is 0 Å². The molecule has 0 saturated heterocycles. The number of amides is 1. The predicted octanol–water partition coefficient (Wildman–Crippen LogP) is 3.74. The SMILES string of the molecule is CCOc1ccccc1N/N=C1/C(=O)N(c2cc(O)cc(Br)c2)N=C1C. The van der Waals surface area contributed by atoms with Crippen molar-refractivity contribution in [2.24, 2.45) is 10.2 Å². The van der Waals surface area contributed by atoms with Gasteiger partial charge in [-0.1, -0.05) is 28.1 Å². The van der Waals surface area contributed by atoms with Gasteiger partial charge in [0, 0.05) is 10.5 Å². The average molecular weight is 417 g/mol. The molecule has 0 radical (unpaired) electrons. The molecule has 2 aromatic carbocycles. The molecular weight excluding hydrogens is 400 g/mol. The highest BCUT2D eigenvalue weighted by Crippen LogP contribution is 2.29. The summed E-state index contributed by atoms with van der Waals surface area (Å²) in [5.74, 6) is 0.290. The molecule has 0 bridgehead atoms. The number of para-hydroxylation sites is 2. The maximum Gasteiger partial charge on any atom is 0.301 e. The van der Waals surface area contributed by atoms with Crippen molar-refractivity contribution in [2.45, 2.75) is 13.8 Å². The van der Waals surface area contributed by atoms with Crippen molar-refractivity contribution < 1.29 is 14.6 Å². The zero-order valence-electron chi connectivity index (χ0n) is 14.2. The number of aromatic hydroxyl groups is 1. The second kappa shape index (κ2) is 7.57. The number of carbonyl (C=O) groups excluding carboxylic acids is 1. The van der Waals surface area contributed by atoms with Crippen LogP contribution in [-0.2, 0) is 4.79 Å². The van der Waals surface area contributed by atoms with Crippen LogP contribution in [0, 0.1) is 0 Å². The van der Waals surface area contributed by atoms with Crippen LogP contribution in [0.4, 0.5) is 11.4 Å². The van der Waals surface area contributed by atoms with Crippen LogP contribution in [0.3, 0.4) is 0 Å². The monoisotopic (exact) mass is 416 g/mol. The van der Waals surface area contributed by atoms with Crippen LogP contribution < -0.4 is 15.2 Å². The fourth-order valence-electron chi connectivity index (χ4n) is 2.44. The van der Waals surface area contributed by atoms with Gasteiger partial charge in [0.25, 0.3) is 0 Å². The first kappa shape index (κ1) is 17.9. The standard InChI is InChI=1S/C18H17BrN4O3/c1-3-26-16-7-5-4-6-15(16)20-21-17-11(2)22-23(18(17)25)13-8-12(19)9-14(24)10-13/h4-10,20,24H,3H2,1-2H3/b21-17+. The number of carbonyl (C=O) groups is 1. The summed E-state index contributed by atoms with van der Waals surface area (Å²) in [6.07, 6.45) is 0. The molecule has 8 heteroatoms. The van der Waals surface area contributed by atoms with E-state index in [1.165, 1.54) is 17.1 Å². The topological polar surface area (TPSA) is 86.5 Å². The van der Waals surface area contributed by atoms with E-state index >= 15 is 0 Å². The minimum atomic E-state index is -0.388. The summed E-state index contributed by atoms with van der Waals surface area (Å²) < 4.78 is 6.17. The number of phenolic OH excluding ortho intramolecular Hbond substituents is 1. The number of nitrogens with zero attached hydrogens (tertiary/aromatic N) is 3. The Bertz CT molecular complexity index is 891. The lowest BCUT2D eigenvalue weighted by atomic mass is 10.2. The molecular formula is C18H17BrN4O3. The molecule has 0 spiro atoms. The largest absolute Gasteiger partial charge is 0.508 e. The van der Waals surface area contributed by atoms with Crippen LogP contribution in [0.2, 0.25) is 0 Å². The van der Waals surface area contributed by atoms with Gasteiger partial charge < -0.3 is 9.84 Å². The summed E-state index contributed by atoms with van der Waals surface area (Å²) in [6.45, 7) is 4.12. The number of hydrogen-bond acceptors (Lipinski definition) is 6. The van der Waals surface area contributed by atoms with Gasteiger partial charge in [0.2, 0.25) is 0 Å². The van der Waals surface area contributed by atoms with Gasteiger partial charge in [-0.05, 0) is 38.1 Å². The first-order chi connectivity index (χ1) is 12.5. The number of nitrogens with one attached hydrogen (secondary N) is 1. The minimum Gasteiger partial charge on any atom is -0.508 e. The lowest BCUT2D eigenvalue weighted by molar-refractivity contribution is -0.112. The highest BCUT2D eigenvalue weighted by atomic mass is 79.9. The van der Waals surface area contributed by atoms with Crippen LogP contribution in [0.1, 0.15) is 13.8 Å². The Kier molecular flexibility index (Phi) is 5.22. The molecule has 0 saturated carbocycles. The predicted molar refractivity (Wildman–Crippen MR) is 105 cm³/mol. The first-order valence-corrected chi connectivity index (χ1v) is 8.74. The molecule has 1 amide bonds. The number of hydrogen-bond donors (Lipinski definition) is 2. The van der Waals surface area contributed by atoms with Crippen molar-refractivity contribution in [1.82, 2.24) is 0 Å². The molecule has 1 heterocycles. The maximum atomic E-state index is 12.7. The van der Waals surface area contributed by atoms with Crippen molar-refractivity contribution in [3.05, 3.63) is 46.9 Å². The van der Waals surface area contributed by atoms with Gasteiger partial charge in [-0.25, -0.2) is 0 Å². The van der Waals surface area contributed by atoms with Crippen LogP contribution in [0.15, 0.2) is 57.1 Å². The summed E-state index contributed by atoms with van der Waals surface area (Å²) in [5.41, 5.74) is 4.63. The molecule has 3 rings (SSSR count). The van der Waals surface area contributed by atoms with Crippen molar-refractivity contribution in [2.75, 3.05) is 17.0 Å². The van der Waals surface area contributed by atoms with Crippen molar-refractivity contribution in [3.8, 4) is 11.5 Å². The van der Waals surface area contributed by atoms with E-state index in [1.54, 1.807) is 13.0 Å². The van der Waals surface area contributed by atoms with Crippen LogP contribution in [0.5, 0.6) is 11.5 Å². The normalized spacial score (nSPS) is 15.3. The van der Waals surface area contributed by atoms with Gasteiger partial charge in [-0.2, -0.15) is 15.2 Å². The Hall–Kier alpha value is -2.87. The quantitative estimate of drug-likeness (QED) is 0.726. The number of hydrazone groups is 2. The molecule has 1 aliphatic heterocycles. The van der Waals surface area contributed by atoms with E-state index in [0.29, 0.717) is 33.9 Å². The Labute approximate surface area is 159 Å². The number of phenols is 1. The number of ether oxygens (including phenoxy) is 1. The third kappa shape index (κ3) is 3.70. The Morgan fingerprint density at radius 2 is 2.08 bits per heavy atom. The highest BCUT2D eigenvalue weighted by Gasteiger charge is 2.31. The van der Waals surface area contributed by atoms with Crippen LogP contribution in [0.25, 0.3) is 0 Å². The molecule has 2 N–H and O–H groups in total. The molecule has 2 aromatic rings. The van der Waals surface area contributed by atoms with Crippen molar-refractivity contribution in [1.29, 1.82) is 0 Å². The smallest absolute Gasteiger partial charge is 0.301 e. The fraction of sp³-hybridized carbons (Fsp3) is 0.167. The Balaban J connectivity index is 1.85. The molecule has 0 atom stereocenters. The maximum absolute atomic E-state index is 12.7. The van der Waals surface area contributed by atoms with Crippen molar-refractivity contribution in [3.63, 3.8) is 0 Å². The first-order valence-electron chi connectivity index (χ1n) is 7.94. The van der Waals surface area contributed by atoms with E-state index in [4.69, 9.17) is 4.74 Å². The number of anilines is 2. The zero-order chi connectivity index (χ0) is 18.7. The highest BCUT2D eigenvalue weighted by molar-refractivity contribution is 9.10.